The number of benzene rings is 2. The van der Waals surface area contributed by atoms with Gasteiger partial charge in [-0.3, -0.25) is 9.78 Å². The first-order chi connectivity index (χ1) is 12.2. The zero-order valence-electron chi connectivity index (χ0n) is 13.9. The predicted octanol–water partition coefficient (Wildman–Crippen LogP) is 3.28. The Balaban J connectivity index is 1.58. The maximum atomic E-state index is 12.8. The Morgan fingerprint density at radius 2 is 1.88 bits per heavy atom. The van der Waals surface area contributed by atoms with E-state index in [9.17, 15) is 4.79 Å². The second-order valence-corrected chi connectivity index (χ2v) is 6.01. The Kier molecular flexibility index (Phi) is 3.98. The average molecular weight is 334 g/mol. The number of hydrogen-bond donors (Lipinski definition) is 0. The van der Waals surface area contributed by atoms with Gasteiger partial charge in [0.05, 0.1) is 5.52 Å². The molecule has 2 heterocycles. The van der Waals surface area contributed by atoms with Gasteiger partial charge in [-0.2, -0.15) is 0 Å². The van der Waals surface area contributed by atoms with Gasteiger partial charge in [0.2, 0.25) is 0 Å². The van der Waals surface area contributed by atoms with Crippen LogP contribution in [-0.4, -0.2) is 36.1 Å². The molecule has 0 saturated carbocycles. The highest BCUT2D eigenvalue weighted by Gasteiger charge is 2.18. The minimum absolute atomic E-state index is 0.0575. The van der Waals surface area contributed by atoms with Gasteiger partial charge < -0.3 is 14.4 Å². The Morgan fingerprint density at radius 1 is 1.08 bits per heavy atom. The van der Waals surface area contributed by atoms with Crippen LogP contribution in [0.4, 0.5) is 0 Å². The van der Waals surface area contributed by atoms with Crippen molar-refractivity contribution in [3.05, 3.63) is 65.9 Å². The molecule has 1 aliphatic heterocycles. The Bertz CT molecular complexity index is 934. The minimum Gasteiger partial charge on any atom is -0.486 e. The first-order valence-electron chi connectivity index (χ1n) is 8.20. The molecule has 25 heavy (non-hydrogen) atoms. The Labute approximate surface area is 145 Å². The number of fused-ring (bicyclic) bond motifs is 2. The van der Waals surface area contributed by atoms with Crippen LogP contribution in [0.3, 0.4) is 0 Å². The van der Waals surface area contributed by atoms with Crippen LogP contribution < -0.4 is 9.47 Å². The maximum Gasteiger partial charge on any atom is 0.254 e. The summed E-state index contributed by atoms with van der Waals surface area (Å²) >= 11 is 0. The fourth-order valence-corrected chi connectivity index (χ4v) is 3.02. The van der Waals surface area contributed by atoms with Crippen LogP contribution in [0.25, 0.3) is 10.9 Å². The topological polar surface area (TPSA) is 51.7 Å². The molecule has 1 aromatic heterocycles. The molecule has 126 valence electrons. The molecule has 0 N–H and O–H groups in total. The lowest BCUT2D eigenvalue weighted by Crippen LogP contribution is -2.26. The van der Waals surface area contributed by atoms with Crippen molar-refractivity contribution in [1.29, 1.82) is 0 Å². The number of para-hydroxylation sites is 1. The summed E-state index contributed by atoms with van der Waals surface area (Å²) in [6, 6.07) is 15.2. The number of pyridine rings is 1. The van der Waals surface area contributed by atoms with Gasteiger partial charge in [0.1, 0.15) is 13.2 Å². The quantitative estimate of drug-likeness (QED) is 0.738. The van der Waals surface area contributed by atoms with Gasteiger partial charge in [0.15, 0.2) is 11.5 Å². The van der Waals surface area contributed by atoms with Gasteiger partial charge in [0, 0.05) is 30.7 Å². The summed E-state index contributed by atoms with van der Waals surface area (Å²) in [5, 5.41) is 1.06. The molecule has 4 rings (SSSR count). The zero-order valence-corrected chi connectivity index (χ0v) is 13.9. The fourth-order valence-electron chi connectivity index (χ4n) is 3.02. The number of aromatic nitrogens is 1. The van der Waals surface area contributed by atoms with Crippen LogP contribution in [0.15, 0.2) is 54.7 Å². The van der Waals surface area contributed by atoms with Crippen molar-refractivity contribution in [2.45, 2.75) is 6.54 Å². The maximum absolute atomic E-state index is 12.8. The standard InChI is InChI=1S/C20H18N2O3/c1-22(13-15-8-9-21-17-5-3-2-4-16(15)17)20(23)14-6-7-18-19(12-14)25-11-10-24-18/h2-9,12H,10-11,13H2,1H3. The number of rotatable bonds is 3. The largest absolute Gasteiger partial charge is 0.486 e. The lowest BCUT2D eigenvalue weighted by atomic mass is 10.1. The van der Waals surface area contributed by atoms with Gasteiger partial charge >= 0.3 is 0 Å². The van der Waals surface area contributed by atoms with Gasteiger partial charge in [-0.1, -0.05) is 18.2 Å². The van der Waals surface area contributed by atoms with Crippen LogP contribution in [0.1, 0.15) is 15.9 Å². The lowest BCUT2D eigenvalue weighted by Gasteiger charge is -2.21. The highest BCUT2D eigenvalue weighted by Crippen LogP contribution is 2.31. The Hall–Kier alpha value is -3.08. The first-order valence-corrected chi connectivity index (χ1v) is 8.20. The Morgan fingerprint density at radius 3 is 2.76 bits per heavy atom. The molecule has 3 aromatic rings. The number of carbonyl (C=O) groups excluding carboxylic acids is 1. The van der Waals surface area contributed by atoms with E-state index in [-0.39, 0.29) is 5.91 Å². The third-order valence-electron chi connectivity index (χ3n) is 4.28. The second-order valence-electron chi connectivity index (χ2n) is 6.01. The van der Waals surface area contributed by atoms with E-state index in [1.54, 1.807) is 36.3 Å². The van der Waals surface area contributed by atoms with Gasteiger partial charge in [-0.25, -0.2) is 0 Å². The second kappa shape index (κ2) is 6.43. The predicted molar refractivity (Wildman–Crippen MR) is 95.0 cm³/mol. The number of hydrogen-bond acceptors (Lipinski definition) is 4. The summed E-state index contributed by atoms with van der Waals surface area (Å²) in [5.74, 6) is 1.25. The van der Waals surface area contributed by atoms with E-state index in [1.807, 2.05) is 30.3 Å². The van der Waals surface area contributed by atoms with Crippen molar-refractivity contribution in [1.82, 2.24) is 9.88 Å². The molecule has 0 atom stereocenters. The summed E-state index contributed by atoms with van der Waals surface area (Å²) < 4.78 is 11.1. The molecule has 0 bridgehead atoms. The summed E-state index contributed by atoms with van der Waals surface area (Å²) in [5.41, 5.74) is 2.59. The third kappa shape index (κ3) is 3.01. The molecule has 0 fully saturated rings. The van der Waals surface area contributed by atoms with E-state index in [0.717, 1.165) is 16.5 Å². The van der Waals surface area contributed by atoms with E-state index in [4.69, 9.17) is 9.47 Å². The molecular weight excluding hydrogens is 316 g/mol. The highest BCUT2D eigenvalue weighted by atomic mass is 16.6. The molecule has 5 nitrogen and oxygen atoms in total. The average Bonchev–Trinajstić information content (AvgIpc) is 2.67. The molecule has 0 spiro atoms. The summed E-state index contributed by atoms with van der Waals surface area (Å²) in [6.07, 6.45) is 1.78. The van der Waals surface area contributed by atoms with Crippen molar-refractivity contribution < 1.29 is 14.3 Å². The van der Waals surface area contributed by atoms with E-state index in [2.05, 4.69) is 4.98 Å². The lowest BCUT2D eigenvalue weighted by molar-refractivity contribution is 0.0784. The van der Waals surface area contributed by atoms with Crippen molar-refractivity contribution in [3.63, 3.8) is 0 Å². The first kappa shape index (κ1) is 15.4. The van der Waals surface area contributed by atoms with E-state index in [1.165, 1.54) is 0 Å². The third-order valence-corrected chi connectivity index (χ3v) is 4.28. The number of nitrogens with zero attached hydrogens (tertiary/aromatic N) is 2. The van der Waals surface area contributed by atoms with E-state index < -0.39 is 0 Å². The van der Waals surface area contributed by atoms with Gasteiger partial charge in [-0.15, -0.1) is 0 Å². The molecule has 0 radical (unpaired) electrons. The minimum atomic E-state index is -0.0575. The van der Waals surface area contributed by atoms with Crippen LogP contribution in [0, 0.1) is 0 Å². The molecule has 1 amide bonds. The molecule has 5 heteroatoms. The molecule has 0 aliphatic carbocycles. The monoisotopic (exact) mass is 334 g/mol. The summed E-state index contributed by atoms with van der Waals surface area (Å²) in [6.45, 7) is 1.55. The van der Waals surface area contributed by atoms with Crippen molar-refractivity contribution in [2.75, 3.05) is 20.3 Å². The van der Waals surface area contributed by atoms with Crippen molar-refractivity contribution >= 4 is 16.8 Å². The van der Waals surface area contributed by atoms with Crippen LogP contribution in [0.5, 0.6) is 11.5 Å². The van der Waals surface area contributed by atoms with Crippen LogP contribution >= 0.6 is 0 Å². The van der Waals surface area contributed by atoms with Gasteiger partial charge in [-0.05, 0) is 35.9 Å². The summed E-state index contributed by atoms with van der Waals surface area (Å²) in [7, 11) is 1.80. The highest BCUT2D eigenvalue weighted by molar-refractivity contribution is 5.95. The molecular formula is C20H18N2O3. The number of amides is 1. The smallest absolute Gasteiger partial charge is 0.254 e. The molecule has 1 aliphatic rings. The van der Waals surface area contributed by atoms with E-state index in [0.29, 0.717) is 36.8 Å². The van der Waals surface area contributed by atoms with Crippen LogP contribution in [0.2, 0.25) is 0 Å². The van der Waals surface area contributed by atoms with Crippen LogP contribution in [-0.2, 0) is 6.54 Å². The molecule has 0 unspecified atom stereocenters. The van der Waals surface area contributed by atoms with Crippen molar-refractivity contribution in [2.24, 2.45) is 0 Å². The van der Waals surface area contributed by atoms with E-state index >= 15 is 0 Å². The zero-order chi connectivity index (χ0) is 17.2. The summed E-state index contributed by atoms with van der Waals surface area (Å²) in [4.78, 5) is 18.9. The fraction of sp³-hybridized carbons (Fsp3) is 0.200. The normalized spacial score (nSPS) is 12.8. The van der Waals surface area contributed by atoms with Crippen molar-refractivity contribution in [3.8, 4) is 11.5 Å². The molecule has 2 aromatic carbocycles. The number of ether oxygens (including phenoxy) is 2. The number of carbonyl (C=O) groups is 1. The molecule has 0 saturated heterocycles. The SMILES string of the molecule is CN(Cc1ccnc2ccccc12)C(=O)c1ccc2c(c1)OCCO2. The van der Waals surface area contributed by atoms with Gasteiger partial charge in [0.25, 0.3) is 5.91 Å².